The number of rotatable bonds is 9. The normalized spacial score (nSPS) is 19.0. The molecule has 1 aromatic carbocycles. The summed E-state index contributed by atoms with van der Waals surface area (Å²) in [6.45, 7) is 8.40. The molecule has 0 aliphatic carbocycles. The number of carbonyl (C=O) groups is 1. The standard InChI is InChI=1S/C21H33N3O2/c1-2-19(23-11-5-6-12-23)16-22-15-18-9-3-4-10-20(18)26-17-21(25)24-13-7-8-14-24/h3-4,9-10,19,22H,2,5-8,11-17H2,1H3. The predicted octanol–water partition coefficient (Wildman–Crippen LogP) is 2.65. The largest absolute Gasteiger partial charge is 0.483 e. The van der Waals surface area contributed by atoms with E-state index in [0.29, 0.717) is 6.04 Å². The lowest BCUT2D eigenvalue weighted by molar-refractivity contribution is -0.132. The van der Waals surface area contributed by atoms with Crippen LogP contribution in [0.15, 0.2) is 24.3 Å². The van der Waals surface area contributed by atoms with Gasteiger partial charge in [-0.3, -0.25) is 9.69 Å². The number of nitrogens with one attached hydrogen (secondary N) is 1. The Hall–Kier alpha value is -1.59. The van der Waals surface area contributed by atoms with E-state index in [2.05, 4.69) is 23.2 Å². The van der Waals surface area contributed by atoms with Gasteiger partial charge in [0, 0.05) is 37.8 Å². The lowest BCUT2D eigenvalue weighted by atomic mass is 10.1. The van der Waals surface area contributed by atoms with Crippen LogP contribution >= 0.6 is 0 Å². The fourth-order valence-electron chi connectivity index (χ4n) is 4.00. The SMILES string of the molecule is CCC(CNCc1ccccc1OCC(=O)N1CCCC1)N1CCCC1. The quantitative estimate of drug-likeness (QED) is 0.736. The maximum Gasteiger partial charge on any atom is 0.260 e. The molecule has 0 bridgehead atoms. The molecular formula is C21H33N3O2. The molecule has 0 radical (unpaired) electrons. The number of likely N-dealkylation sites (tertiary alicyclic amines) is 2. The molecule has 144 valence electrons. The summed E-state index contributed by atoms with van der Waals surface area (Å²) in [5.74, 6) is 0.923. The first-order chi connectivity index (χ1) is 12.8. The summed E-state index contributed by atoms with van der Waals surface area (Å²) in [6.07, 6.45) is 6.07. The number of hydrogen-bond acceptors (Lipinski definition) is 4. The van der Waals surface area contributed by atoms with Crippen molar-refractivity contribution in [3.63, 3.8) is 0 Å². The Morgan fingerprint density at radius 3 is 2.54 bits per heavy atom. The van der Waals surface area contributed by atoms with Crippen LogP contribution in [0.25, 0.3) is 0 Å². The van der Waals surface area contributed by atoms with E-state index in [1.807, 2.05) is 23.1 Å². The first-order valence-electron chi connectivity index (χ1n) is 10.2. The summed E-state index contributed by atoms with van der Waals surface area (Å²) in [7, 11) is 0. The first kappa shape index (κ1) is 19.2. The van der Waals surface area contributed by atoms with Gasteiger partial charge in [0.1, 0.15) is 5.75 Å². The molecule has 5 heteroatoms. The first-order valence-corrected chi connectivity index (χ1v) is 10.2. The third-order valence-corrected chi connectivity index (χ3v) is 5.61. The van der Waals surface area contributed by atoms with Crippen molar-refractivity contribution < 1.29 is 9.53 Å². The summed E-state index contributed by atoms with van der Waals surface area (Å²) in [6, 6.07) is 8.66. The molecule has 1 N–H and O–H groups in total. The molecule has 1 amide bonds. The number of amides is 1. The summed E-state index contributed by atoms with van der Waals surface area (Å²) < 4.78 is 5.85. The van der Waals surface area contributed by atoms with Crippen molar-refractivity contribution >= 4 is 5.91 Å². The minimum atomic E-state index is 0.102. The lowest BCUT2D eigenvalue weighted by Gasteiger charge is -2.26. The van der Waals surface area contributed by atoms with Crippen LogP contribution in [0.1, 0.15) is 44.6 Å². The Labute approximate surface area is 157 Å². The number of carbonyl (C=O) groups excluding carboxylic acids is 1. The number of ether oxygens (including phenoxy) is 1. The van der Waals surface area contributed by atoms with Gasteiger partial charge >= 0.3 is 0 Å². The summed E-state index contributed by atoms with van der Waals surface area (Å²) in [5, 5.41) is 3.60. The van der Waals surface area contributed by atoms with Crippen LogP contribution in [0.2, 0.25) is 0 Å². The van der Waals surface area contributed by atoms with Crippen molar-refractivity contribution in [1.29, 1.82) is 0 Å². The highest BCUT2D eigenvalue weighted by Crippen LogP contribution is 2.19. The van der Waals surface area contributed by atoms with E-state index < -0.39 is 0 Å². The maximum absolute atomic E-state index is 12.2. The summed E-state index contributed by atoms with van der Waals surface area (Å²) in [5.41, 5.74) is 1.12. The van der Waals surface area contributed by atoms with Crippen LogP contribution in [0.3, 0.4) is 0 Å². The molecule has 2 aliphatic heterocycles. The smallest absolute Gasteiger partial charge is 0.260 e. The second-order valence-corrected chi connectivity index (χ2v) is 7.42. The van der Waals surface area contributed by atoms with E-state index in [-0.39, 0.29) is 12.5 Å². The molecule has 5 nitrogen and oxygen atoms in total. The number of para-hydroxylation sites is 1. The molecule has 2 aliphatic rings. The third kappa shape index (κ3) is 5.21. The molecule has 0 saturated carbocycles. The van der Waals surface area contributed by atoms with Crippen molar-refractivity contribution in [1.82, 2.24) is 15.1 Å². The van der Waals surface area contributed by atoms with Crippen LogP contribution in [-0.4, -0.2) is 61.1 Å². The number of benzene rings is 1. The van der Waals surface area contributed by atoms with Gasteiger partial charge in [0.2, 0.25) is 0 Å². The highest BCUT2D eigenvalue weighted by Gasteiger charge is 2.20. The van der Waals surface area contributed by atoms with Gasteiger partial charge in [0.15, 0.2) is 6.61 Å². The Morgan fingerprint density at radius 2 is 1.81 bits per heavy atom. The highest BCUT2D eigenvalue weighted by atomic mass is 16.5. The minimum Gasteiger partial charge on any atom is -0.483 e. The van der Waals surface area contributed by atoms with E-state index in [1.165, 1.54) is 32.4 Å². The lowest BCUT2D eigenvalue weighted by Crippen LogP contribution is -2.40. The average Bonchev–Trinajstić information content (AvgIpc) is 3.38. The van der Waals surface area contributed by atoms with E-state index in [1.54, 1.807) is 0 Å². The zero-order chi connectivity index (χ0) is 18.2. The Kier molecular flexibility index (Phi) is 7.32. The Morgan fingerprint density at radius 1 is 1.12 bits per heavy atom. The molecule has 0 spiro atoms. The summed E-state index contributed by atoms with van der Waals surface area (Å²) >= 11 is 0. The molecule has 2 saturated heterocycles. The molecule has 3 rings (SSSR count). The van der Waals surface area contributed by atoms with Crippen LogP contribution in [-0.2, 0) is 11.3 Å². The molecular weight excluding hydrogens is 326 g/mol. The average molecular weight is 360 g/mol. The van der Waals surface area contributed by atoms with E-state index in [0.717, 1.165) is 50.3 Å². The molecule has 0 aromatic heterocycles. The van der Waals surface area contributed by atoms with Crippen LogP contribution in [0.4, 0.5) is 0 Å². The van der Waals surface area contributed by atoms with Gasteiger partial charge in [-0.2, -0.15) is 0 Å². The van der Waals surface area contributed by atoms with Gasteiger partial charge in [-0.25, -0.2) is 0 Å². The van der Waals surface area contributed by atoms with E-state index in [4.69, 9.17) is 4.74 Å². The maximum atomic E-state index is 12.2. The van der Waals surface area contributed by atoms with Gasteiger partial charge in [-0.05, 0) is 51.3 Å². The highest BCUT2D eigenvalue weighted by molar-refractivity contribution is 5.78. The van der Waals surface area contributed by atoms with Gasteiger partial charge in [-0.1, -0.05) is 25.1 Å². The number of hydrogen-bond donors (Lipinski definition) is 1. The molecule has 1 unspecified atom stereocenters. The fraction of sp³-hybridized carbons (Fsp3) is 0.667. The third-order valence-electron chi connectivity index (χ3n) is 5.61. The minimum absolute atomic E-state index is 0.102. The monoisotopic (exact) mass is 359 g/mol. The fourth-order valence-corrected chi connectivity index (χ4v) is 4.00. The van der Waals surface area contributed by atoms with Crippen molar-refractivity contribution in [2.24, 2.45) is 0 Å². The van der Waals surface area contributed by atoms with Crippen LogP contribution in [0, 0.1) is 0 Å². The zero-order valence-electron chi connectivity index (χ0n) is 16.1. The van der Waals surface area contributed by atoms with Gasteiger partial charge in [0.05, 0.1) is 0 Å². The van der Waals surface area contributed by atoms with Crippen molar-refractivity contribution in [2.75, 3.05) is 39.3 Å². The van der Waals surface area contributed by atoms with Gasteiger partial charge < -0.3 is 15.0 Å². The Bertz CT molecular complexity index is 566. The molecule has 2 heterocycles. The number of nitrogens with zero attached hydrogens (tertiary/aromatic N) is 2. The molecule has 1 atom stereocenters. The van der Waals surface area contributed by atoms with Gasteiger partial charge in [-0.15, -0.1) is 0 Å². The van der Waals surface area contributed by atoms with Crippen molar-refractivity contribution in [2.45, 2.75) is 51.6 Å². The second-order valence-electron chi connectivity index (χ2n) is 7.42. The topological polar surface area (TPSA) is 44.8 Å². The predicted molar refractivity (Wildman–Crippen MR) is 104 cm³/mol. The Balaban J connectivity index is 1.47. The summed E-state index contributed by atoms with van der Waals surface area (Å²) in [4.78, 5) is 16.7. The van der Waals surface area contributed by atoms with Gasteiger partial charge in [0.25, 0.3) is 5.91 Å². The van der Waals surface area contributed by atoms with Crippen LogP contribution < -0.4 is 10.1 Å². The van der Waals surface area contributed by atoms with E-state index in [9.17, 15) is 4.79 Å². The molecule has 2 fully saturated rings. The molecule has 26 heavy (non-hydrogen) atoms. The second kappa shape index (κ2) is 9.93. The van der Waals surface area contributed by atoms with Crippen molar-refractivity contribution in [3.05, 3.63) is 29.8 Å². The zero-order valence-corrected chi connectivity index (χ0v) is 16.1. The van der Waals surface area contributed by atoms with Crippen LogP contribution in [0.5, 0.6) is 5.75 Å². The van der Waals surface area contributed by atoms with E-state index >= 15 is 0 Å². The molecule has 1 aromatic rings. The van der Waals surface area contributed by atoms with Crippen molar-refractivity contribution in [3.8, 4) is 5.75 Å².